The van der Waals surface area contributed by atoms with Gasteiger partial charge in [0.15, 0.2) is 0 Å². The maximum atomic E-state index is 12.6. The molecule has 0 saturated carbocycles. The van der Waals surface area contributed by atoms with E-state index in [1.165, 1.54) is 17.0 Å². The van der Waals surface area contributed by atoms with Crippen molar-refractivity contribution in [3.63, 3.8) is 0 Å². The molecule has 7 nitrogen and oxygen atoms in total. The molecule has 2 aliphatic heterocycles. The molecule has 2 N–H and O–H groups in total. The Balaban J connectivity index is 1.55. The molecule has 134 valence electrons. The van der Waals surface area contributed by atoms with Gasteiger partial charge in [-0.3, -0.25) is 14.9 Å². The second kappa shape index (κ2) is 6.54. The number of likely N-dealkylation sites (N-methyl/N-ethyl adjacent to an activating group) is 1. The van der Waals surface area contributed by atoms with Crippen molar-refractivity contribution >= 4 is 34.0 Å². The minimum absolute atomic E-state index is 0.0464. The van der Waals surface area contributed by atoms with E-state index >= 15 is 0 Å². The van der Waals surface area contributed by atoms with Gasteiger partial charge in [-0.25, -0.2) is 0 Å². The van der Waals surface area contributed by atoms with E-state index in [4.69, 9.17) is 0 Å². The van der Waals surface area contributed by atoms with E-state index in [0.717, 1.165) is 35.6 Å². The third kappa shape index (κ3) is 3.09. The summed E-state index contributed by atoms with van der Waals surface area (Å²) in [5, 5.41) is 18.1. The molecule has 1 aromatic carbocycles. The van der Waals surface area contributed by atoms with Gasteiger partial charge in [-0.05, 0) is 30.7 Å². The number of benzene rings is 1. The van der Waals surface area contributed by atoms with Crippen LogP contribution in [0.15, 0.2) is 30.3 Å². The van der Waals surface area contributed by atoms with Crippen LogP contribution in [-0.2, 0) is 13.0 Å². The SMILES string of the molecule is CN1CCc2c(sc3c2C(=O)N[C@@H](/C=C\c2cccc([N+](=O)[O-])c2)N3)C1. The van der Waals surface area contributed by atoms with Gasteiger partial charge in [0.25, 0.3) is 11.6 Å². The fourth-order valence-electron chi connectivity index (χ4n) is 3.31. The van der Waals surface area contributed by atoms with E-state index in [-0.39, 0.29) is 17.8 Å². The van der Waals surface area contributed by atoms with Crippen LogP contribution in [0.2, 0.25) is 0 Å². The van der Waals surface area contributed by atoms with E-state index in [0.29, 0.717) is 5.56 Å². The van der Waals surface area contributed by atoms with Crippen molar-refractivity contribution in [3.05, 3.63) is 62.0 Å². The molecule has 1 atom stereocenters. The molecule has 0 saturated heterocycles. The summed E-state index contributed by atoms with van der Waals surface area (Å²) in [5.74, 6) is -0.0607. The van der Waals surface area contributed by atoms with Crippen molar-refractivity contribution < 1.29 is 9.72 Å². The van der Waals surface area contributed by atoms with E-state index < -0.39 is 4.92 Å². The average Bonchev–Trinajstić information content (AvgIpc) is 2.97. The summed E-state index contributed by atoms with van der Waals surface area (Å²) >= 11 is 1.64. The van der Waals surface area contributed by atoms with Crippen LogP contribution in [0.25, 0.3) is 6.08 Å². The van der Waals surface area contributed by atoms with Crippen LogP contribution < -0.4 is 10.6 Å². The molecule has 0 fully saturated rings. The fourth-order valence-corrected chi connectivity index (χ4v) is 4.67. The molecule has 3 heterocycles. The van der Waals surface area contributed by atoms with Gasteiger partial charge in [0.1, 0.15) is 11.2 Å². The topological polar surface area (TPSA) is 87.5 Å². The largest absolute Gasteiger partial charge is 0.353 e. The standard InChI is InChI=1S/C18H18N4O3S/c1-21-8-7-13-14(10-21)26-18-16(13)17(23)19-15(20-18)6-5-11-3-2-4-12(9-11)22(24)25/h2-6,9,15,20H,7-8,10H2,1H3,(H,19,23)/b6-5-/t15-/m1/s1. The molecule has 1 aromatic heterocycles. The van der Waals surface area contributed by atoms with Crippen molar-refractivity contribution in [1.82, 2.24) is 10.2 Å². The summed E-state index contributed by atoms with van der Waals surface area (Å²) in [6.07, 6.45) is 4.13. The molecule has 0 aliphatic carbocycles. The number of nitrogens with zero attached hydrogens (tertiary/aromatic N) is 2. The third-order valence-corrected chi connectivity index (χ3v) is 5.76. The lowest BCUT2D eigenvalue weighted by molar-refractivity contribution is -0.384. The van der Waals surface area contributed by atoms with Gasteiger partial charge in [-0.1, -0.05) is 18.2 Å². The Bertz CT molecular complexity index is 921. The van der Waals surface area contributed by atoms with Crippen LogP contribution in [-0.4, -0.2) is 35.5 Å². The first-order valence-electron chi connectivity index (χ1n) is 8.34. The molecule has 2 aromatic rings. The quantitative estimate of drug-likeness (QED) is 0.641. The van der Waals surface area contributed by atoms with Crippen LogP contribution in [0.3, 0.4) is 0 Å². The van der Waals surface area contributed by atoms with Gasteiger partial charge >= 0.3 is 0 Å². The molecule has 8 heteroatoms. The highest BCUT2D eigenvalue weighted by atomic mass is 32.1. The maximum Gasteiger partial charge on any atom is 0.270 e. The van der Waals surface area contributed by atoms with Crippen molar-refractivity contribution in [2.45, 2.75) is 19.1 Å². The molecule has 26 heavy (non-hydrogen) atoms. The monoisotopic (exact) mass is 370 g/mol. The summed E-state index contributed by atoms with van der Waals surface area (Å²) in [7, 11) is 2.08. The highest BCUT2D eigenvalue weighted by molar-refractivity contribution is 7.16. The van der Waals surface area contributed by atoms with Crippen molar-refractivity contribution in [3.8, 4) is 0 Å². The van der Waals surface area contributed by atoms with E-state index in [1.807, 2.05) is 6.08 Å². The zero-order chi connectivity index (χ0) is 18.3. The molecule has 2 aliphatic rings. The summed E-state index contributed by atoms with van der Waals surface area (Å²) < 4.78 is 0. The lowest BCUT2D eigenvalue weighted by Crippen LogP contribution is -2.43. The number of carbonyl (C=O) groups is 1. The number of anilines is 1. The molecule has 1 amide bonds. The first-order valence-corrected chi connectivity index (χ1v) is 9.16. The number of nitrogens with one attached hydrogen (secondary N) is 2. The number of hydrogen-bond acceptors (Lipinski definition) is 6. The first kappa shape index (κ1) is 16.7. The Labute approximate surface area is 154 Å². The van der Waals surface area contributed by atoms with Crippen LogP contribution >= 0.6 is 11.3 Å². The second-order valence-corrected chi connectivity index (χ2v) is 7.61. The van der Waals surface area contributed by atoms with Gasteiger partial charge < -0.3 is 15.5 Å². The molecule has 0 radical (unpaired) electrons. The second-order valence-electron chi connectivity index (χ2n) is 6.50. The lowest BCUT2D eigenvalue weighted by atomic mass is 10.0. The Hall–Kier alpha value is -2.71. The summed E-state index contributed by atoms with van der Waals surface area (Å²) in [6.45, 7) is 1.83. The summed E-state index contributed by atoms with van der Waals surface area (Å²) in [4.78, 5) is 26.5. The van der Waals surface area contributed by atoms with Crippen LogP contribution in [0.5, 0.6) is 0 Å². The zero-order valence-electron chi connectivity index (χ0n) is 14.2. The van der Waals surface area contributed by atoms with E-state index in [9.17, 15) is 14.9 Å². The summed E-state index contributed by atoms with van der Waals surface area (Å²) in [5.41, 5.74) is 2.70. The minimum Gasteiger partial charge on any atom is -0.353 e. The molecule has 0 bridgehead atoms. The minimum atomic E-state index is -0.419. The number of nitro groups is 1. The number of carbonyl (C=O) groups excluding carboxylic acids is 1. The number of rotatable bonds is 3. The molecular weight excluding hydrogens is 352 g/mol. The number of non-ortho nitro benzene ring substituents is 1. The highest BCUT2D eigenvalue weighted by Crippen LogP contribution is 2.38. The smallest absolute Gasteiger partial charge is 0.270 e. The molecular formula is C18H18N4O3S. The number of thiophene rings is 1. The van der Waals surface area contributed by atoms with Crippen molar-refractivity contribution in [2.24, 2.45) is 0 Å². The van der Waals surface area contributed by atoms with Crippen molar-refractivity contribution in [1.29, 1.82) is 0 Å². The van der Waals surface area contributed by atoms with Gasteiger partial charge in [0.2, 0.25) is 0 Å². The number of amides is 1. The Morgan fingerprint density at radius 3 is 3.04 bits per heavy atom. The number of fused-ring (bicyclic) bond motifs is 3. The van der Waals surface area contributed by atoms with E-state index in [2.05, 4.69) is 22.6 Å². The Kier molecular flexibility index (Phi) is 4.21. The zero-order valence-corrected chi connectivity index (χ0v) is 15.0. The average molecular weight is 370 g/mol. The fraction of sp³-hybridized carbons (Fsp3) is 0.278. The number of hydrogen-bond donors (Lipinski definition) is 2. The predicted octanol–water partition coefficient (Wildman–Crippen LogP) is 2.84. The molecule has 0 unspecified atom stereocenters. The molecule has 0 spiro atoms. The highest BCUT2D eigenvalue weighted by Gasteiger charge is 2.31. The third-order valence-electron chi connectivity index (χ3n) is 4.61. The van der Waals surface area contributed by atoms with Crippen LogP contribution in [0.4, 0.5) is 10.7 Å². The lowest BCUT2D eigenvalue weighted by Gasteiger charge is -2.25. The van der Waals surface area contributed by atoms with Crippen LogP contribution in [0.1, 0.15) is 26.4 Å². The summed E-state index contributed by atoms with van der Waals surface area (Å²) in [6, 6.07) is 6.40. The maximum absolute atomic E-state index is 12.6. The van der Waals surface area contributed by atoms with Gasteiger partial charge in [-0.2, -0.15) is 0 Å². The predicted molar refractivity (Wildman–Crippen MR) is 101 cm³/mol. The van der Waals surface area contributed by atoms with E-state index in [1.54, 1.807) is 29.5 Å². The van der Waals surface area contributed by atoms with Crippen molar-refractivity contribution in [2.75, 3.05) is 18.9 Å². The Morgan fingerprint density at radius 2 is 2.23 bits per heavy atom. The van der Waals surface area contributed by atoms with Gasteiger partial charge in [-0.15, -0.1) is 11.3 Å². The molecule has 4 rings (SSSR count). The van der Waals surface area contributed by atoms with Gasteiger partial charge in [0, 0.05) is 30.1 Å². The number of nitro benzene ring substituents is 1. The Morgan fingerprint density at radius 1 is 1.38 bits per heavy atom. The van der Waals surface area contributed by atoms with Crippen LogP contribution in [0, 0.1) is 10.1 Å². The van der Waals surface area contributed by atoms with Gasteiger partial charge in [0.05, 0.1) is 10.5 Å². The normalized spacial score (nSPS) is 19.6. The first-order chi connectivity index (χ1) is 12.5.